The lowest BCUT2D eigenvalue weighted by molar-refractivity contribution is -0.123. The van der Waals surface area contributed by atoms with Crippen molar-refractivity contribution in [1.82, 2.24) is 10.3 Å². The van der Waals surface area contributed by atoms with Crippen molar-refractivity contribution in [1.29, 1.82) is 0 Å². The molecule has 0 spiro atoms. The molecule has 0 saturated heterocycles. The van der Waals surface area contributed by atoms with Crippen molar-refractivity contribution in [2.24, 2.45) is 0 Å². The third-order valence-corrected chi connectivity index (χ3v) is 3.07. The molecule has 22 heavy (non-hydrogen) atoms. The molecule has 0 radical (unpaired) electrons. The molecule has 1 N–H and O–H groups in total. The minimum Gasteiger partial charge on any atom is -0.494 e. The van der Waals surface area contributed by atoms with Gasteiger partial charge in [-0.05, 0) is 49.7 Å². The van der Waals surface area contributed by atoms with Gasteiger partial charge in [-0.2, -0.15) is 0 Å². The normalized spacial score (nSPS) is 11.5. The molecular formula is C17H20N2O3. The quantitative estimate of drug-likeness (QED) is 0.854. The highest BCUT2D eigenvalue weighted by molar-refractivity contribution is 5.78. The number of benzene rings is 1. The lowest BCUT2D eigenvalue weighted by Crippen LogP contribution is -2.31. The predicted molar refractivity (Wildman–Crippen MR) is 83.9 cm³/mol. The summed E-state index contributed by atoms with van der Waals surface area (Å²) in [4.78, 5) is 15.9. The molecule has 1 unspecified atom stereocenters. The number of amides is 1. The molecule has 0 bridgehead atoms. The summed E-state index contributed by atoms with van der Waals surface area (Å²) in [6.45, 7) is 4.43. The Labute approximate surface area is 130 Å². The van der Waals surface area contributed by atoms with Gasteiger partial charge >= 0.3 is 0 Å². The first kappa shape index (κ1) is 15.8. The fraction of sp³-hybridized carbons (Fsp3) is 0.294. The van der Waals surface area contributed by atoms with Crippen molar-refractivity contribution < 1.29 is 14.3 Å². The summed E-state index contributed by atoms with van der Waals surface area (Å²) in [6, 6.07) is 10.8. The van der Waals surface area contributed by atoms with Crippen LogP contribution in [0.15, 0.2) is 48.8 Å². The third-order valence-electron chi connectivity index (χ3n) is 3.07. The predicted octanol–water partition coefficient (Wildman–Crippen LogP) is 2.74. The van der Waals surface area contributed by atoms with Crippen molar-refractivity contribution in [2.45, 2.75) is 19.9 Å². The third kappa shape index (κ3) is 4.77. The summed E-state index contributed by atoms with van der Waals surface area (Å²) < 4.78 is 10.8. The largest absolute Gasteiger partial charge is 0.494 e. The van der Waals surface area contributed by atoms with Crippen LogP contribution in [0, 0.1) is 0 Å². The molecule has 0 aliphatic carbocycles. The van der Waals surface area contributed by atoms with Crippen molar-refractivity contribution in [3.8, 4) is 11.5 Å². The molecule has 0 saturated carbocycles. The van der Waals surface area contributed by atoms with E-state index in [9.17, 15) is 4.79 Å². The van der Waals surface area contributed by atoms with Gasteiger partial charge in [-0.15, -0.1) is 0 Å². The molecule has 1 amide bonds. The van der Waals surface area contributed by atoms with Crippen LogP contribution in [-0.2, 0) is 4.79 Å². The van der Waals surface area contributed by atoms with E-state index in [4.69, 9.17) is 9.47 Å². The SMILES string of the molecule is CCOc1ccc(OCC(=O)NC(C)c2cccnc2)cc1. The molecule has 116 valence electrons. The minimum absolute atomic E-state index is 0.0292. The highest BCUT2D eigenvalue weighted by atomic mass is 16.5. The molecule has 0 aliphatic rings. The Morgan fingerprint density at radius 2 is 1.86 bits per heavy atom. The number of carbonyl (C=O) groups is 1. The molecular weight excluding hydrogens is 280 g/mol. The van der Waals surface area contributed by atoms with E-state index in [1.54, 1.807) is 24.5 Å². The topological polar surface area (TPSA) is 60.5 Å². The van der Waals surface area contributed by atoms with Gasteiger partial charge in [0.2, 0.25) is 0 Å². The molecule has 0 fully saturated rings. The van der Waals surface area contributed by atoms with Crippen LogP contribution in [0.4, 0.5) is 0 Å². The van der Waals surface area contributed by atoms with Crippen LogP contribution in [0.3, 0.4) is 0 Å². The fourth-order valence-corrected chi connectivity index (χ4v) is 1.95. The first-order chi connectivity index (χ1) is 10.7. The van der Waals surface area contributed by atoms with Gasteiger partial charge in [0.05, 0.1) is 12.6 Å². The van der Waals surface area contributed by atoms with Crippen LogP contribution < -0.4 is 14.8 Å². The highest BCUT2D eigenvalue weighted by Gasteiger charge is 2.10. The van der Waals surface area contributed by atoms with Gasteiger partial charge in [-0.25, -0.2) is 0 Å². The van der Waals surface area contributed by atoms with Gasteiger partial charge in [0, 0.05) is 12.4 Å². The Hall–Kier alpha value is -2.56. The number of hydrogen-bond acceptors (Lipinski definition) is 4. The van der Waals surface area contributed by atoms with E-state index in [1.165, 1.54) is 0 Å². The van der Waals surface area contributed by atoms with E-state index in [0.717, 1.165) is 11.3 Å². The first-order valence-electron chi connectivity index (χ1n) is 7.24. The number of nitrogens with one attached hydrogen (secondary N) is 1. The number of pyridine rings is 1. The summed E-state index contributed by atoms with van der Waals surface area (Å²) in [5, 5.41) is 2.87. The summed E-state index contributed by atoms with van der Waals surface area (Å²) in [5.74, 6) is 1.24. The van der Waals surface area contributed by atoms with Crippen molar-refractivity contribution in [2.75, 3.05) is 13.2 Å². The average molecular weight is 300 g/mol. The zero-order chi connectivity index (χ0) is 15.8. The number of carbonyl (C=O) groups excluding carboxylic acids is 1. The van der Waals surface area contributed by atoms with Crippen LogP contribution in [0.25, 0.3) is 0 Å². The van der Waals surface area contributed by atoms with Crippen molar-refractivity contribution in [3.63, 3.8) is 0 Å². The maximum absolute atomic E-state index is 11.9. The lowest BCUT2D eigenvalue weighted by Gasteiger charge is -2.14. The number of aromatic nitrogens is 1. The molecule has 0 aliphatic heterocycles. The van der Waals surface area contributed by atoms with Crippen LogP contribution >= 0.6 is 0 Å². The van der Waals surface area contributed by atoms with E-state index in [2.05, 4.69) is 10.3 Å². The van der Waals surface area contributed by atoms with E-state index >= 15 is 0 Å². The highest BCUT2D eigenvalue weighted by Crippen LogP contribution is 2.17. The summed E-state index contributed by atoms with van der Waals surface area (Å²) in [6.07, 6.45) is 3.44. The summed E-state index contributed by atoms with van der Waals surface area (Å²) in [7, 11) is 0. The average Bonchev–Trinajstić information content (AvgIpc) is 2.55. The minimum atomic E-state index is -0.176. The van der Waals surface area contributed by atoms with E-state index in [1.807, 2.05) is 38.1 Å². The van der Waals surface area contributed by atoms with Gasteiger partial charge in [0.15, 0.2) is 6.61 Å². The molecule has 1 aromatic heterocycles. The lowest BCUT2D eigenvalue weighted by atomic mass is 10.1. The maximum atomic E-state index is 11.9. The van der Waals surface area contributed by atoms with Crippen molar-refractivity contribution in [3.05, 3.63) is 54.4 Å². The van der Waals surface area contributed by atoms with Crippen LogP contribution in [0.1, 0.15) is 25.5 Å². The Morgan fingerprint density at radius 3 is 2.45 bits per heavy atom. The Kier molecular flexibility index (Phi) is 5.77. The fourth-order valence-electron chi connectivity index (χ4n) is 1.95. The first-order valence-corrected chi connectivity index (χ1v) is 7.24. The zero-order valence-corrected chi connectivity index (χ0v) is 12.8. The number of ether oxygens (including phenoxy) is 2. The second-order valence-electron chi connectivity index (χ2n) is 4.77. The Morgan fingerprint density at radius 1 is 1.18 bits per heavy atom. The molecule has 5 nitrogen and oxygen atoms in total. The van der Waals surface area contributed by atoms with Crippen LogP contribution in [0.2, 0.25) is 0 Å². The van der Waals surface area contributed by atoms with Gasteiger partial charge in [0.1, 0.15) is 11.5 Å². The second-order valence-corrected chi connectivity index (χ2v) is 4.77. The molecule has 2 aromatic rings. The summed E-state index contributed by atoms with van der Waals surface area (Å²) >= 11 is 0. The maximum Gasteiger partial charge on any atom is 0.258 e. The second kappa shape index (κ2) is 8.02. The molecule has 1 heterocycles. The smallest absolute Gasteiger partial charge is 0.258 e. The van der Waals surface area contributed by atoms with Crippen LogP contribution in [0.5, 0.6) is 11.5 Å². The Balaban J connectivity index is 1.80. The van der Waals surface area contributed by atoms with E-state index < -0.39 is 0 Å². The van der Waals surface area contributed by atoms with Gasteiger partial charge in [-0.3, -0.25) is 9.78 Å². The number of rotatable bonds is 7. The molecule has 2 rings (SSSR count). The zero-order valence-electron chi connectivity index (χ0n) is 12.8. The number of nitrogens with zero attached hydrogens (tertiary/aromatic N) is 1. The monoisotopic (exact) mass is 300 g/mol. The van der Waals surface area contributed by atoms with Crippen LogP contribution in [-0.4, -0.2) is 24.1 Å². The molecule has 5 heteroatoms. The van der Waals surface area contributed by atoms with Crippen molar-refractivity contribution >= 4 is 5.91 Å². The standard InChI is InChI=1S/C17H20N2O3/c1-3-21-15-6-8-16(9-7-15)22-12-17(20)19-13(2)14-5-4-10-18-11-14/h4-11,13H,3,12H2,1-2H3,(H,19,20). The molecule has 1 aromatic carbocycles. The van der Waals surface area contributed by atoms with E-state index in [-0.39, 0.29) is 18.6 Å². The van der Waals surface area contributed by atoms with Gasteiger partial charge in [0.25, 0.3) is 5.91 Å². The van der Waals surface area contributed by atoms with E-state index in [0.29, 0.717) is 12.4 Å². The number of hydrogen-bond donors (Lipinski definition) is 1. The summed E-state index contributed by atoms with van der Waals surface area (Å²) in [5.41, 5.74) is 0.955. The Bertz CT molecular complexity index is 585. The molecule has 1 atom stereocenters. The van der Waals surface area contributed by atoms with Gasteiger partial charge in [-0.1, -0.05) is 6.07 Å². The van der Waals surface area contributed by atoms with Gasteiger partial charge < -0.3 is 14.8 Å².